The fraction of sp³-hybridized carbons (Fsp3) is 0.684. The Kier molecular flexibility index (Phi) is 4.37. The molecular formula is C19H30N2. The van der Waals surface area contributed by atoms with Crippen LogP contribution in [0.25, 0.3) is 0 Å². The molecule has 1 unspecified atom stereocenters. The molecule has 2 nitrogen and oxygen atoms in total. The van der Waals surface area contributed by atoms with Gasteiger partial charge in [0.25, 0.3) is 0 Å². The van der Waals surface area contributed by atoms with Gasteiger partial charge in [-0.1, -0.05) is 56.5 Å². The zero-order chi connectivity index (χ0) is 14.8. The lowest BCUT2D eigenvalue weighted by molar-refractivity contribution is -0.0159. The first-order valence-corrected chi connectivity index (χ1v) is 8.74. The van der Waals surface area contributed by atoms with E-state index in [2.05, 4.69) is 54.4 Å². The Balaban J connectivity index is 1.83. The minimum atomic E-state index is 0.0964. The van der Waals surface area contributed by atoms with Crippen molar-refractivity contribution in [2.45, 2.75) is 63.5 Å². The molecular weight excluding hydrogens is 256 g/mol. The van der Waals surface area contributed by atoms with Gasteiger partial charge in [0, 0.05) is 18.6 Å². The van der Waals surface area contributed by atoms with Crippen molar-refractivity contribution in [3.05, 3.63) is 35.9 Å². The van der Waals surface area contributed by atoms with Gasteiger partial charge in [-0.25, -0.2) is 0 Å². The average molecular weight is 286 g/mol. The number of benzene rings is 1. The fourth-order valence-corrected chi connectivity index (χ4v) is 4.37. The Labute approximate surface area is 129 Å². The highest BCUT2D eigenvalue weighted by Gasteiger charge is 2.45. The fourth-order valence-electron chi connectivity index (χ4n) is 4.37. The van der Waals surface area contributed by atoms with E-state index in [4.69, 9.17) is 0 Å². The van der Waals surface area contributed by atoms with Gasteiger partial charge < -0.3 is 5.32 Å². The van der Waals surface area contributed by atoms with Gasteiger partial charge in [-0.05, 0) is 38.3 Å². The molecule has 116 valence electrons. The number of rotatable bonds is 3. The van der Waals surface area contributed by atoms with Gasteiger partial charge in [-0.3, -0.25) is 4.90 Å². The maximum Gasteiger partial charge on any atom is 0.0535 e. The van der Waals surface area contributed by atoms with Crippen LogP contribution in [0.2, 0.25) is 0 Å². The number of hydrogen-bond donors (Lipinski definition) is 1. The van der Waals surface area contributed by atoms with Crippen LogP contribution in [0.1, 0.15) is 57.9 Å². The normalized spacial score (nSPS) is 29.6. The minimum Gasteiger partial charge on any atom is -0.305 e. The van der Waals surface area contributed by atoms with Crippen LogP contribution < -0.4 is 5.32 Å². The molecule has 1 aliphatic heterocycles. The van der Waals surface area contributed by atoms with Crippen molar-refractivity contribution in [1.82, 2.24) is 10.2 Å². The SMILES string of the molecule is CCCN1CC(C)(c2ccccc2)NCC12CCCCC2. The van der Waals surface area contributed by atoms with Crippen LogP contribution in [-0.2, 0) is 5.54 Å². The highest BCUT2D eigenvalue weighted by molar-refractivity contribution is 5.26. The van der Waals surface area contributed by atoms with E-state index in [0.717, 1.165) is 13.1 Å². The molecule has 0 amide bonds. The van der Waals surface area contributed by atoms with Crippen molar-refractivity contribution in [2.24, 2.45) is 0 Å². The lowest BCUT2D eigenvalue weighted by Crippen LogP contribution is -2.68. The van der Waals surface area contributed by atoms with Crippen LogP contribution in [0, 0.1) is 0 Å². The Bertz CT molecular complexity index is 450. The van der Waals surface area contributed by atoms with E-state index >= 15 is 0 Å². The van der Waals surface area contributed by atoms with Crippen LogP contribution in [0.4, 0.5) is 0 Å². The van der Waals surface area contributed by atoms with E-state index in [1.54, 1.807) is 0 Å². The van der Waals surface area contributed by atoms with Gasteiger partial charge in [0.2, 0.25) is 0 Å². The Hall–Kier alpha value is -0.860. The topological polar surface area (TPSA) is 15.3 Å². The summed E-state index contributed by atoms with van der Waals surface area (Å²) in [6.45, 7) is 8.23. The average Bonchev–Trinajstić information content (AvgIpc) is 2.54. The molecule has 21 heavy (non-hydrogen) atoms. The molecule has 2 fully saturated rings. The highest BCUT2D eigenvalue weighted by atomic mass is 15.3. The van der Waals surface area contributed by atoms with E-state index in [9.17, 15) is 0 Å². The third-order valence-corrected chi connectivity index (χ3v) is 5.67. The first-order chi connectivity index (χ1) is 10.2. The maximum atomic E-state index is 3.92. The van der Waals surface area contributed by atoms with Crippen molar-refractivity contribution in [3.8, 4) is 0 Å². The first-order valence-electron chi connectivity index (χ1n) is 8.74. The van der Waals surface area contributed by atoms with Crippen LogP contribution in [0.5, 0.6) is 0 Å². The summed E-state index contributed by atoms with van der Waals surface area (Å²) in [5.74, 6) is 0. The van der Waals surface area contributed by atoms with E-state index in [1.807, 2.05) is 0 Å². The van der Waals surface area contributed by atoms with Crippen molar-refractivity contribution >= 4 is 0 Å². The summed E-state index contributed by atoms with van der Waals surface area (Å²) in [7, 11) is 0. The number of nitrogens with zero attached hydrogens (tertiary/aromatic N) is 1. The Morgan fingerprint density at radius 1 is 1.10 bits per heavy atom. The summed E-state index contributed by atoms with van der Waals surface area (Å²) in [6.07, 6.45) is 8.26. The molecule has 0 radical (unpaired) electrons. The van der Waals surface area contributed by atoms with Crippen molar-refractivity contribution in [1.29, 1.82) is 0 Å². The van der Waals surface area contributed by atoms with Crippen LogP contribution in [0.15, 0.2) is 30.3 Å². The lowest BCUT2D eigenvalue weighted by Gasteiger charge is -2.55. The third-order valence-electron chi connectivity index (χ3n) is 5.67. The molecule has 1 saturated heterocycles. The molecule has 1 aliphatic carbocycles. The standard InChI is InChI=1S/C19H30N2/c1-3-14-21-16-18(2,17-10-6-4-7-11-17)20-15-19(21)12-8-5-9-13-19/h4,6-7,10-11,20H,3,5,8-9,12-16H2,1-2H3. The molecule has 1 heterocycles. The van der Waals surface area contributed by atoms with Crippen LogP contribution >= 0.6 is 0 Å². The Morgan fingerprint density at radius 3 is 2.48 bits per heavy atom. The second-order valence-corrected chi connectivity index (χ2v) is 7.26. The number of nitrogens with one attached hydrogen (secondary N) is 1. The molecule has 1 atom stereocenters. The number of piperazine rings is 1. The molecule has 1 saturated carbocycles. The summed E-state index contributed by atoms with van der Waals surface area (Å²) < 4.78 is 0. The molecule has 1 aromatic rings. The number of hydrogen-bond acceptors (Lipinski definition) is 2. The van der Waals surface area contributed by atoms with Gasteiger partial charge in [0.1, 0.15) is 0 Å². The molecule has 0 bridgehead atoms. The first kappa shape index (κ1) is 15.1. The van der Waals surface area contributed by atoms with Gasteiger partial charge in [0.05, 0.1) is 5.54 Å². The summed E-state index contributed by atoms with van der Waals surface area (Å²) in [5.41, 5.74) is 1.96. The van der Waals surface area contributed by atoms with E-state index < -0.39 is 0 Å². The van der Waals surface area contributed by atoms with E-state index in [0.29, 0.717) is 5.54 Å². The Morgan fingerprint density at radius 2 is 1.81 bits per heavy atom. The van der Waals surface area contributed by atoms with Crippen molar-refractivity contribution < 1.29 is 0 Å². The quantitative estimate of drug-likeness (QED) is 0.906. The smallest absolute Gasteiger partial charge is 0.0535 e. The van der Waals surface area contributed by atoms with Gasteiger partial charge in [-0.15, -0.1) is 0 Å². The van der Waals surface area contributed by atoms with Crippen LogP contribution in [-0.4, -0.2) is 30.1 Å². The molecule has 1 N–H and O–H groups in total. The van der Waals surface area contributed by atoms with Gasteiger partial charge >= 0.3 is 0 Å². The maximum absolute atomic E-state index is 3.92. The van der Waals surface area contributed by atoms with Gasteiger partial charge in [0.15, 0.2) is 0 Å². The van der Waals surface area contributed by atoms with Crippen molar-refractivity contribution in [3.63, 3.8) is 0 Å². The predicted octanol–water partition coefficient (Wildman–Crippen LogP) is 3.92. The molecule has 3 rings (SSSR count). The largest absolute Gasteiger partial charge is 0.305 e. The molecule has 2 heteroatoms. The zero-order valence-electron chi connectivity index (χ0n) is 13.7. The van der Waals surface area contributed by atoms with E-state index in [-0.39, 0.29) is 5.54 Å². The minimum absolute atomic E-state index is 0.0964. The monoisotopic (exact) mass is 286 g/mol. The lowest BCUT2D eigenvalue weighted by atomic mass is 9.75. The van der Waals surface area contributed by atoms with E-state index in [1.165, 1.54) is 50.6 Å². The van der Waals surface area contributed by atoms with Crippen LogP contribution in [0.3, 0.4) is 0 Å². The van der Waals surface area contributed by atoms with Crippen molar-refractivity contribution in [2.75, 3.05) is 19.6 Å². The molecule has 0 aromatic heterocycles. The zero-order valence-corrected chi connectivity index (χ0v) is 13.7. The second kappa shape index (κ2) is 6.10. The second-order valence-electron chi connectivity index (χ2n) is 7.26. The van der Waals surface area contributed by atoms with Gasteiger partial charge in [-0.2, -0.15) is 0 Å². The third kappa shape index (κ3) is 2.89. The molecule has 2 aliphatic rings. The molecule has 1 aromatic carbocycles. The molecule has 1 spiro atoms. The summed E-state index contributed by atoms with van der Waals surface area (Å²) in [6, 6.07) is 11.0. The summed E-state index contributed by atoms with van der Waals surface area (Å²) >= 11 is 0. The summed E-state index contributed by atoms with van der Waals surface area (Å²) in [4.78, 5) is 2.82. The predicted molar refractivity (Wildman–Crippen MR) is 89.5 cm³/mol. The summed E-state index contributed by atoms with van der Waals surface area (Å²) in [5, 5.41) is 3.92. The highest BCUT2D eigenvalue weighted by Crippen LogP contribution is 2.39.